The molecular weight excluding hydrogens is 280 g/mol. The van der Waals surface area contributed by atoms with E-state index in [1.807, 2.05) is 18.7 Å². The summed E-state index contributed by atoms with van der Waals surface area (Å²) in [5.74, 6) is 0.0475. The van der Waals surface area contributed by atoms with Crippen molar-refractivity contribution in [1.82, 2.24) is 15.1 Å². The molecule has 1 fully saturated rings. The summed E-state index contributed by atoms with van der Waals surface area (Å²) in [6.45, 7) is 7.12. The Morgan fingerprint density at radius 3 is 2.18 bits per heavy atom. The molecule has 1 aromatic rings. The highest BCUT2D eigenvalue weighted by Crippen LogP contribution is 2.13. The van der Waals surface area contributed by atoms with E-state index in [0.29, 0.717) is 11.3 Å². The van der Waals surface area contributed by atoms with Gasteiger partial charge in [0.05, 0.1) is 0 Å². The summed E-state index contributed by atoms with van der Waals surface area (Å²) in [7, 11) is 2.06. The van der Waals surface area contributed by atoms with Gasteiger partial charge in [-0.2, -0.15) is 0 Å². The molecule has 0 atom stereocenters. The van der Waals surface area contributed by atoms with Gasteiger partial charge in [-0.3, -0.25) is 4.79 Å². The Hall–Kier alpha value is -2.08. The largest absolute Gasteiger partial charge is 0.336 e. The first-order chi connectivity index (χ1) is 10.5. The van der Waals surface area contributed by atoms with Gasteiger partial charge in [0.2, 0.25) is 0 Å². The minimum atomic E-state index is -0.242. The van der Waals surface area contributed by atoms with Gasteiger partial charge in [-0.25, -0.2) is 4.79 Å². The number of rotatable bonds is 3. The van der Waals surface area contributed by atoms with Crippen molar-refractivity contribution in [3.63, 3.8) is 0 Å². The Balaban J connectivity index is 1.93. The molecule has 0 saturated carbocycles. The predicted octanol–water partition coefficient (Wildman–Crippen LogP) is 1.60. The average Bonchev–Trinajstić information content (AvgIpc) is 2.47. The SMILES string of the molecule is CC(C)NC(=O)Nc1ccc(C(=O)N2CCN(C)CC2)cc1. The van der Waals surface area contributed by atoms with Gasteiger partial charge < -0.3 is 20.4 Å². The number of benzene rings is 1. The Bertz CT molecular complexity index is 519. The van der Waals surface area contributed by atoms with Crippen LogP contribution in [0.4, 0.5) is 10.5 Å². The van der Waals surface area contributed by atoms with E-state index in [1.54, 1.807) is 24.3 Å². The van der Waals surface area contributed by atoms with E-state index < -0.39 is 0 Å². The molecule has 6 nitrogen and oxygen atoms in total. The van der Waals surface area contributed by atoms with Gasteiger partial charge in [-0.15, -0.1) is 0 Å². The van der Waals surface area contributed by atoms with E-state index in [-0.39, 0.29) is 18.0 Å². The molecule has 1 aromatic carbocycles. The Labute approximate surface area is 131 Å². The van der Waals surface area contributed by atoms with Gasteiger partial charge in [-0.05, 0) is 45.2 Å². The van der Waals surface area contributed by atoms with E-state index in [9.17, 15) is 9.59 Å². The lowest BCUT2D eigenvalue weighted by Crippen LogP contribution is -2.47. The van der Waals surface area contributed by atoms with Crippen molar-refractivity contribution in [3.8, 4) is 0 Å². The van der Waals surface area contributed by atoms with Gasteiger partial charge in [0.1, 0.15) is 0 Å². The summed E-state index contributed by atoms with van der Waals surface area (Å²) in [6.07, 6.45) is 0. The van der Waals surface area contributed by atoms with Crippen molar-refractivity contribution in [2.24, 2.45) is 0 Å². The normalized spacial score (nSPS) is 15.7. The minimum absolute atomic E-state index is 0.0475. The fourth-order valence-electron chi connectivity index (χ4n) is 2.32. The molecule has 22 heavy (non-hydrogen) atoms. The fraction of sp³-hybridized carbons (Fsp3) is 0.500. The van der Waals surface area contributed by atoms with Crippen molar-refractivity contribution in [2.45, 2.75) is 19.9 Å². The molecule has 0 bridgehead atoms. The van der Waals surface area contributed by atoms with Crippen LogP contribution in [0.2, 0.25) is 0 Å². The number of piperazine rings is 1. The molecule has 0 unspecified atom stereocenters. The predicted molar refractivity (Wildman–Crippen MR) is 87.1 cm³/mol. The first-order valence-corrected chi connectivity index (χ1v) is 7.61. The van der Waals surface area contributed by atoms with Gasteiger partial charge in [0.15, 0.2) is 0 Å². The van der Waals surface area contributed by atoms with Crippen molar-refractivity contribution in [1.29, 1.82) is 0 Å². The molecule has 1 heterocycles. The lowest BCUT2D eigenvalue weighted by atomic mass is 10.1. The van der Waals surface area contributed by atoms with Crippen LogP contribution in [0.25, 0.3) is 0 Å². The van der Waals surface area contributed by atoms with Crippen LogP contribution in [-0.2, 0) is 0 Å². The molecule has 0 radical (unpaired) electrons. The van der Waals surface area contributed by atoms with E-state index in [4.69, 9.17) is 0 Å². The van der Waals surface area contributed by atoms with Crippen LogP contribution in [0, 0.1) is 0 Å². The second-order valence-electron chi connectivity index (χ2n) is 5.93. The quantitative estimate of drug-likeness (QED) is 0.891. The summed E-state index contributed by atoms with van der Waals surface area (Å²) in [5.41, 5.74) is 1.33. The number of carbonyl (C=O) groups is 2. The average molecular weight is 304 g/mol. The van der Waals surface area contributed by atoms with Crippen molar-refractivity contribution in [2.75, 3.05) is 38.5 Å². The summed E-state index contributed by atoms with van der Waals surface area (Å²) in [4.78, 5) is 28.1. The number of amides is 3. The van der Waals surface area contributed by atoms with Gasteiger partial charge in [-0.1, -0.05) is 0 Å². The van der Waals surface area contributed by atoms with Crippen LogP contribution in [0.5, 0.6) is 0 Å². The van der Waals surface area contributed by atoms with Crippen molar-refractivity contribution < 1.29 is 9.59 Å². The second-order valence-corrected chi connectivity index (χ2v) is 5.93. The van der Waals surface area contributed by atoms with E-state index >= 15 is 0 Å². The molecular formula is C16H24N4O2. The summed E-state index contributed by atoms with van der Waals surface area (Å²) >= 11 is 0. The maximum Gasteiger partial charge on any atom is 0.319 e. The fourth-order valence-corrected chi connectivity index (χ4v) is 2.32. The Morgan fingerprint density at radius 2 is 1.64 bits per heavy atom. The van der Waals surface area contributed by atoms with Crippen molar-refractivity contribution >= 4 is 17.6 Å². The molecule has 2 rings (SSSR count). The molecule has 1 saturated heterocycles. The number of hydrogen-bond donors (Lipinski definition) is 2. The first-order valence-electron chi connectivity index (χ1n) is 7.61. The van der Waals surface area contributed by atoms with Gasteiger partial charge in [0, 0.05) is 43.5 Å². The minimum Gasteiger partial charge on any atom is -0.336 e. The molecule has 2 N–H and O–H groups in total. The van der Waals surface area contributed by atoms with Gasteiger partial charge >= 0.3 is 6.03 Å². The molecule has 0 aromatic heterocycles. The molecule has 0 aliphatic carbocycles. The lowest BCUT2D eigenvalue weighted by Gasteiger charge is -2.32. The lowest BCUT2D eigenvalue weighted by molar-refractivity contribution is 0.0664. The third-order valence-electron chi connectivity index (χ3n) is 3.60. The number of urea groups is 1. The number of hydrogen-bond acceptors (Lipinski definition) is 3. The number of carbonyl (C=O) groups excluding carboxylic acids is 2. The smallest absolute Gasteiger partial charge is 0.319 e. The highest BCUT2D eigenvalue weighted by Gasteiger charge is 2.20. The maximum absolute atomic E-state index is 12.4. The molecule has 1 aliphatic heterocycles. The third kappa shape index (κ3) is 4.46. The molecule has 120 valence electrons. The van der Waals surface area contributed by atoms with Crippen LogP contribution in [0.15, 0.2) is 24.3 Å². The highest BCUT2D eigenvalue weighted by molar-refractivity contribution is 5.95. The number of nitrogens with one attached hydrogen (secondary N) is 2. The van der Waals surface area contributed by atoms with Crippen LogP contribution in [0.3, 0.4) is 0 Å². The van der Waals surface area contributed by atoms with Crippen LogP contribution < -0.4 is 10.6 Å². The summed E-state index contributed by atoms with van der Waals surface area (Å²) in [6, 6.07) is 6.86. The number of anilines is 1. The molecule has 1 aliphatic rings. The maximum atomic E-state index is 12.4. The van der Waals surface area contributed by atoms with Crippen LogP contribution >= 0.6 is 0 Å². The Morgan fingerprint density at radius 1 is 1.05 bits per heavy atom. The number of likely N-dealkylation sites (N-methyl/N-ethyl adjacent to an activating group) is 1. The second kappa shape index (κ2) is 7.26. The zero-order valence-corrected chi connectivity index (χ0v) is 13.4. The monoisotopic (exact) mass is 304 g/mol. The summed E-state index contributed by atoms with van der Waals surface area (Å²) in [5, 5.41) is 5.50. The standard InChI is InChI=1S/C16H24N4O2/c1-12(2)17-16(22)18-14-6-4-13(5-7-14)15(21)20-10-8-19(3)9-11-20/h4-7,12H,8-11H2,1-3H3,(H2,17,18,22). The first kappa shape index (κ1) is 16.3. The van der Waals surface area contributed by atoms with Crippen molar-refractivity contribution in [3.05, 3.63) is 29.8 Å². The molecule has 0 spiro atoms. The Kier molecular flexibility index (Phi) is 5.38. The van der Waals surface area contributed by atoms with E-state index in [2.05, 4.69) is 22.6 Å². The molecule has 3 amide bonds. The zero-order valence-electron chi connectivity index (χ0n) is 13.4. The third-order valence-corrected chi connectivity index (χ3v) is 3.60. The van der Waals surface area contributed by atoms with E-state index in [1.165, 1.54) is 0 Å². The zero-order chi connectivity index (χ0) is 16.1. The van der Waals surface area contributed by atoms with Crippen LogP contribution in [-0.4, -0.2) is 61.0 Å². The molecule has 6 heteroatoms. The number of nitrogens with zero attached hydrogens (tertiary/aromatic N) is 2. The van der Waals surface area contributed by atoms with Gasteiger partial charge in [0.25, 0.3) is 5.91 Å². The van der Waals surface area contributed by atoms with E-state index in [0.717, 1.165) is 26.2 Å². The van der Waals surface area contributed by atoms with Crippen LogP contribution in [0.1, 0.15) is 24.2 Å². The summed E-state index contributed by atoms with van der Waals surface area (Å²) < 4.78 is 0. The topological polar surface area (TPSA) is 64.7 Å². The highest BCUT2D eigenvalue weighted by atomic mass is 16.2.